The molecule has 9 nitrogen and oxygen atoms in total. The molecule has 0 atom stereocenters. The smallest absolute Gasteiger partial charge is 0.263 e. The van der Waals surface area contributed by atoms with Crippen molar-refractivity contribution in [3.05, 3.63) is 74.8 Å². The Morgan fingerprint density at radius 1 is 1.24 bits per heavy atom. The van der Waals surface area contributed by atoms with E-state index in [1.54, 1.807) is 30.3 Å². The summed E-state index contributed by atoms with van der Waals surface area (Å²) in [7, 11) is 0. The normalized spacial score (nSPS) is 11.1. The van der Waals surface area contributed by atoms with Gasteiger partial charge < -0.3 is 14.5 Å². The Morgan fingerprint density at radius 3 is 2.76 bits per heavy atom. The summed E-state index contributed by atoms with van der Waals surface area (Å²) in [6.07, 6.45) is 1.51. The van der Waals surface area contributed by atoms with E-state index in [1.807, 2.05) is 13.8 Å². The first-order valence-electron chi connectivity index (χ1n) is 9.93. The van der Waals surface area contributed by atoms with Gasteiger partial charge in [0.25, 0.3) is 11.5 Å². The van der Waals surface area contributed by atoms with Crippen molar-refractivity contribution < 1.29 is 13.9 Å². The van der Waals surface area contributed by atoms with Crippen molar-refractivity contribution in [3.8, 4) is 23.2 Å². The molecule has 3 aromatic heterocycles. The molecule has 2 N–H and O–H groups in total. The number of aromatic nitrogens is 4. The van der Waals surface area contributed by atoms with Crippen molar-refractivity contribution in [2.24, 2.45) is 0 Å². The molecule has 33 heavy (non-hydrogen) atoms. The largest absolute Gasteiger partial charge is 0.482 e. The molecule has 1 amide bonds. The minimum atomic E-state index is -0.476. The molecule has 0 aliphatic carbocycles. The first kappa shape index (κ1) is 22.6. The molecule has 0 aliphatic rings. The van der Waals surface area contributed by atoms with Gasteiger partial charge in [-0.25, -0.2) is 4.98 Å². The van der Waals surface area contributed by atoms with Crippen molar-refractivity contribution >= 4 is 34.9 Å². The highest BCUT2D eigenvalue weighted by Crippen LogP contribution is 2.28. The number of rotatable bonds is 7. The maximum Gasteiger partial charge on any atom is 0.263 e. The summed E-state index contributed by atoms with van der Waals surface area (Å²) in [5.41, 5.74) is 0.688. The third-order valence-corrected chi connectivity index (χ3v) is 5.07. The lowest BCUT2D eigenvalue weighted by molar-refractivity contribution is -0.118. The van der Waals surface area contributed by atoms with Crippen molar-refractivity contribution in [1.29, 1.82) is 0 Å². The zero-order chi connectivity index (χ0) is 23.5. The number of amides is 1. The Morgan fingerprint density at radius 2 is 2.06 bits per heavy atom. The van der Waals surface area contributed by atoms with Crippen LogP contribution in [0.5, 0.6) is 5.75 Å². The van der Waals surface area contributed by atoms with Crippen LogP contribution in [0.1, 0.15) is 25.5 Å². The van der Waals surface area contributed by atoms with Gasteiger partial charge in [0.05, 0.1) is 17.0 Å². The molecule has 0 radical (unpaired) electrons. The van der Waals surface area contributed by atoms with E-state index in [1.165, 1.54) is 23.1 Å². The molecule has 0 fully saturated rings. The van der Waals surface area contributed by atoms with Gasteiger partial charge in [0.1, 0.15) is 17.3 Å². The molecule has 0 saturated heterocycles. The fourth-order valence-electron chi connectivity index (χ4n) is 2.95. The fraction of sp³-hybridized carbons (Fsp3) is 0.182. The Kier molecular flexibility index (Phi) is 6.52. The van der Waals surface area contributed by atoms with Gasteiger partial charge >= 0.3 is 0 Å². The highest BCUT2D eigenvalue weighted by molar-refractivity contribution is 6.35. The second-order valence-corrected chi connectivity index (χ2v) is 8.21. The lowest BCUT2D eigenvalue weighted by Gasteiger charge is -2.11. The zero-order valence-corrected chi connectivity index (χ0v) is 19.1. The summed E-state index contributed by atoms with van der Waals surface area (Å²) in [6, 6.07) is 11.2. The third kappa shape index (κ3) is 5.27. The second-order valence-electron chi connectivity index (χ2n) is 7.36. The molecule has 0 saturated carbocycles. The molecule has 0 bridgehead atoms. The van der Waals surface area contributed by atoms with E-state index in [9.17, 15) is 9.59 Å². The number of carbonyl (C=O) groups is 1. The maximum atomic E-state index is 12.6. The molecule has 170 valence electrons. The molecule has 0 unspecified atom stereocenters. The van der Waals surface area contributed by atoms with Crippen LogP contribution in [0.25, 0.3) is 17.4 Å². The molecule has 0 aliphatic heterocycles. The van der Waals surface area contributed by atoms with E-state index in [0.29, 0.717) is 27.9 Å². The first-order chi connectivity index (χ1) is 15.8. The average Bonchev–Trinajstić information content (AvgIpc) is 3.42. The summed E-state index contributed by atoms with van der Waals surface area (Å²) in [5.74, 6) is 0.756. The number of ether oxygens (including phenoxy) is 1. The molecule has 0 spiro atoms. The number of hydrogen-bond donors (Lipinski definition) is 2. The Bertz CT molecular complexity index is 1350. The highest BCUT2D eigenvalue weighted by atomic mass is 35.5. The van der Waals surface area contributed by atoms with Crippen molar-refractivity contribution in [1.82, 2.24) is 19.7 Å². The van der Waals surface area contributed by atoms with Crippen molar-refractivity contribution in [2.75, 3.05) is 11.9 Å². The number of hydrogen-bond acceptors (Lipinski definition) is 6. The van der Waals surface area contributed by atoms with Gasteiger partial charge in [0, 0.05) is 17.2 Å². The third-order valence-electron chi connectivity index (χ3n) is 4.54. The summed E-state index contributed by atoms with van der Waals surface area (Å²) < 4.78 is 12.2. The minimum absolute atomic E-state index is 0.0155. The van der Waals surface area contributed by atoms with Crippen LogP contribution < -0.4 is 15.6 Å². The number of H-pyrrole nitrogens is 1. The van der Waals surface area contributed by atoms with E-state index < -0.39 is 5.91 Å². The summed E-state index contributed by atoms with van der Waals surface area (Å²) in [4.78, 5) is 31.9. The predicted octanol–water partition coefficient (Wildman–Crippen LogP) is 4.66. The van der Waals surface area contributed by atoms with Crippen molar-refractivity contribution in [2.45, 2.75) is 19.8 Å². The zero-order valence-electron chi connectivity index (χ0n) is 17.6. The molecule has 1 aromatic carbocycles. The number of carbonyl (C=O) groups excluding carboxylic acids is 1. The van der Waals surface area contributed by atoms with Crippen LogP contribution >= 0.6 is 23.2 Å². The molecular weight excluding hydrogens is 469 g/mol. The van der Waals surface area contributed by atoms with Crippen LogP contribution in [0, 0.1) is 0 Å². The van der Waals surface area contributed by atoms with E-state index in [-0.39, 0.29) is 34.9 Å². The lowest BCUT2D eigenvalue weighted by atomic mass is 10.1. The SMILES string of the molecule is CC(C)c1cc(=O)[nH]c(-n2nc(-c3ccco3)cc2NC(=O)COc2ccc(Cl)cc2Cl)n1. The second kappa shape index (κ2) is 9.51. The van der Waals surface area contributed by atoms with Crippen molar-refractivity contribution in [3.63, 3.8) is 0 Å². The van der Waals surface area contributed by atoms with Crippen LogP contribution in [-0.4, -0.2) is 32.3 Å². The Labute approximate surface area is 198 Å². The van der Waals surface area contributed by atoms with Gasteiger partial charge in [-0.1, -0.05) is 37.0 Å². The number of nitrogens with one attached hydrogen (secondary N) is 2. The Hall–Kier alpha value is -3.56. The standard InChI is InChI=1S/C22H19Cl2N5O4/c1-12(2)15-10-20(30)27-22(25-15)29-19(9-16(28-29)18-4-3-7-32-18)26-21(31)11-33-17-6-5-13(23)8-14(17)24/h3-10,12H,11H2,1-2H3,(H,26,31)(H,25,27,30). The molecule has 4 aromatic rings. The van der Waals surface area contributed by atoms with Gasteiger partial charge in [-0.3, -0.25) is 14.6 Å². The summed E-state index contributed by atoms with van der Waals surface area (Å²) >= 11 is 12.0. The number of anilines is 1. The molecule has 3 heterocycles. The number of furan rings is 1. The van der Waals surface area contributed by atoms with Gasteiger partial charge in [-0.15, -0.1) is 0 Å². The number of halogens is 2. The van der Waals surface area contributed by atoms with Gasteiger partial charge in [0.2, 0.25) is 5.95 Å². The Balaban J connectivity index is 1.63. The highest BCUT2D eigenvalue weighted by Gasteiger charge is 2.18. The monoisotopic (exact) mass is 487 g/mol. The topological polar surface area (TPSA) is 115 Å². The van der Waals surface area contributed by atoms with Crippen LogP contribution in [0.3, 0.4) is 0 Å². The van der Waals surface area contributed by atoms with E-state index in [2.05, 4.69) is 20.4 Å². The molecule has 11 heteroatoms. The van der Waals surface area contributed by atoms with Crippen LogP contribution in [0.15, 0.2) is 57.9 Å². The predicted molar refractivity (Wildman–Crippen MR) is 124 cm³/mol. The van der Waals surface area contributed by atoms with Crippen LogP contribution in [-0.2, 0) is 4.79 Å². The van der Waals surface area contributed by atoms with Gasteiger partial charge in [-0.05, 0) is 36.2 Å². The molecule has 4 rings (SSSR count). The maximum absolute atomic E-state index is 12.6. The number of benzene rings is 1. The first-order valence-corrected chi connectivity index (χ1v) is 10.7. The van der Waals surface area contributed by atoms with E-state index >= 15 is 0 Å². The van der Waals surface area contributed by atoms with Gasteiger partial charge in [0.15, 0.2) is 12.4 Å². The van der Waals surface area contributed by atoms with E-state index in [4.69, 9.17) is 32.4 Å². The van der Waals surface area contributed by atoms with Crippen LogP contribution in [0.2, 0.25) is 10.0 Å². The number of aromatic amines is 1. The van der Waals surface area contributed by atoms with Gasteiger partial charge in [-0.2, -0.15) is 9.78 Å². The van der Waals surface area contributed by atoms with E-state index in [0.717, 1.165) is 0 Å². The average molecular weight is 488 g/mol. The fourth-order valence-corrected chi connectivity index (χ4v) is 3.41. The molecular formula is C22H19Cl2N5O4. The quantitative estimate of drug-likeness (QED) is 0.391. The minimum Gasteiger partial charge on any atom is -0.482 e. The number of nitrogens with zero attached hydrogens (tertiary/aromatic N) is 3. The lowest BCUT2D eigenvalue weighted by Crippen LogP contribution is -2.23. The van der Waals surface area contributed by atoms with Crippen LogP contribution in [0.4, 0.5) is 5.82 Å². The summed E-state index contributed by atoms with van der Waals surface area (Å²) in [5, 5.41) is 7.92. The summed E-state index contributed by atoms with van der Waals surface area (Å²) in [6.45, 7) is 3.52.